The zero-order valence-electron chi connectivity index (χ0n) is 12.9. The number of amides is 1. The van der Waals surface area contributed by atoms with Crippen molar-refractivity contribution in [2.45, 2.75) is 51.7 Å². The second-order valence-electron chi connectivity index (χ2n) is 6.76. The Morgan fingerprint density at radius 1 is 1.30 bits per heavy atom. The van der Waals surface area contributed by atoms with Gasteiger partial charge in [0.25, 0.3) is 0 Å². The maximum absolute atomic E-state index is 12.3. The lowest BCUT2D eigenvalue weighted by Crippen LogP contribution is -2.42. The van der Waals surface area contributed by atoms with Crippen LogP contribution in [-0.4, -0.2) is 43.3 Å². The van der Waals surface area contributed by atoms with Crippen molar-refractivity contribution in [3.05, 3.63) is 12.7 Å². The molecule has 20 heavy (non-hydrogen) atoms. The predicted octanol–water partition coefficient (Wildman–Crippen LogP) is 2.40. The zero-order valence-corrected chi connectivity index (χ0v) is 13.7. The van der Waals surface area contributed by atoms with Gasteiger partial charge in [0, 0.05) is 13.1 Å². The lowest BCUT2D eigenvalue weighted by atomic mass is 9.91. The summed E-state index contributed by atoms with van der Waals surface area (Å²) in [6.45, 7) is 10.9. The molecular formula is C15H27NO3S. The molecule has 1 aliphatic rings. The Hall–Kier alpha value is -0.840. The summed E-state index contributed by atoms with van der Waals surface area (Å²) in [7, 11) is -3.03. The van der Waals surface area contributed by atoms with E-state index in [0.717, 1.165) is 12.8 Å². The first kappa shape index (κ1) is 17.2. The third-order valence-electron chi connectivity index (χ3n) is 3.79. The molecule has 0 bridgehead atoms. The van der Waals surface area contributed by atoms with E-state index in [-0.39, 0.29) is 22.3 Å². The second-order valence-corrected chi connectivity index (χ2v) is 9.16. The Kier molecular flexibility index (Phi) is 5.80. The minimum Gasteiger partial charge on any atom is -0.339 e. The summed E-state index contributed by atoms with van der Waals surface area (Å²) in [5.74, 6) is 0.165. The summed E-state index contributed by atoms with van der Waals surface area (Å²) in [6.07, 6.45) is 4.03. The Bertz CT molecular complexity index is 440. The third-order valence-corrected chi connectivity index (χ3v) is 6.14. The molecule has 0 aromatic carbocycles. The topological polar surface area (TPSA) is 54.5 Å². The Balaban J connectivity index is 2.46. The van der Waals surface area contributed by atoms with Crippen molar-refractivity contribution in [2.24, 2.45) is 5.41 Å². The van der Waals surface area contributed by atoms with Crippen LogP contribution in [0.2, 0.25) is 0 Å². The predicted molar refractivity (Wildman–Crippen MR) is 82.3 cm³/mol. The van der Waals surface area contributed by atoms with Crippen molar-refractivity contribution in [2.75, 3.05) is 18.8 Å². The monoisotopic (exact) mass is 301 g/mol. The van der Waals surface area contributed by atoms with Gasteiger partial charge in [-0.3, -0.25) is 4.79 Å². The molecule has 0 aromatic rings. The molecule has 0 radical (unpaired) electrons. The molecule has 1 rings (SSSR count). The molecule has 1 fully saturated rings. The van der Waals surface area contributed by atoms with Gasteiger partial charge >= 0.3 is 0 Å². The third kappa shape index (κ3) is 5.27. The Morgan fingerprint density at radius 2 is 1.85 bits per heavy atom. The number of hydrogen-bond acceptors (Lipinski definition) is 3. The van der Waals surface area contributed by atoms with Crippen LogP contribution in [0.15, 0.2) is 12.7 Å². The smallest absolute Gasteiger partial charge is 0.245 e. The molecule has 0 aromatic heterocycles. The number of sulfone groups is 1. The van der Waals surface area contributed by atoms with E-state index in [1.165, 1.54) is 6.08 Å². The van der Waals surface area contributed by atoms with Crippen LogP contribution in [0.5, 0.6) is 0 Å². The Labute approximate surface area is 123 Å². The van der Waals surface area contributed by atoms with Gasteiger partial charge in [-0.1, -0.05) is 27.4 Å². The van der Waals surface area contributed by atoms with Crippen LogP contribution in [-0.2, 0) is 14.6 Å². The molecule has 4 nitrogen and oxygen atoms in total. The maximum atomic E-state index is 12.3. The van der Waals surface area contributed by atoms with Gasteiger partial charge in [-0.05, 0) is 37.2 Å². The number of piperidine rings is 1. The van der Waals surface area contributed by atoms with Crippen LogP contribution in [0.25, 0.3) is 0 Å². The fourth-order valence-corrected chi connectivity index (χ4v) is 4.34. The molecule has 0 atom stereocenters. The average Bonchev–Trinajstić information content (AvgIpc) is 2.36. The highest BCUT2D eigenvalue weighted by atomic mass is 32.2. The standard InChI is InChI=1S/C15H27NO3S/c1-5-14(17)16-10-7-13(8-11-16)20(18,19)12-6-9-15(2,3)4/h5,13H,1,6-12H2,2-4H3. The van der Waals surface area contributed by atoms with E-state index in [1.807, 2.05) is 0 Å². The SMILES string of the molecule is C=CC(=O)N1CCC(S(=O)(=O)CCCC(C)(C)C)CC1. The molecule has 0 saturated carbocycles. The fourth-order valence-electron chi connectivity index (χ4n) is 2.53. The van der Waals surface area contributed by atoms with E-state index in [1.54, 1.807) is 4.90 Å². The lowest BCUT2D eigenvalue weighted by Gasteiger charge is -2.31. The van der Waals surface area contributed by atoms with E-state index >= 15 is 0 Å². The molecule has 0 aliphatic carbocycles. The van der Waals surface area contributed by atoms with E-state index < -0.39 is 9.84 Å². The van der Waals surface area contributed by atoms with E-state index in [2.05, 4.69) is 27.4 Å². The molecule has 0 unspecified atom stereocenters. The maximum Gasteiger partial charge on any atom is 0.245 e. The van der Waals surface area contributed by atoms with Crippen LogP contribution < -0.4 is 0 Å². The lowest BCUT2D eigenvalue weighted by molar-refractivity contribution is -0.126. The van der Waals surface area contributed by atoms with E-state index in [4.69, 9.17) is 0 Å². The van der Waals surface area contributed by atoms with Crippen LogP contribution in [0.4, 0.5) is 0 Å². The molecule has 116 valence electrons. The Morgan fingerprint density at radius 3 is 2.30 bits per heavy atom. The molecule has 0 N–H and O–H groups in total. The highest BCUT2D eigenvalue weighted by Gasteiger charge is 2.30. The summed E-state index contributed by atoms with van der Waals surface area (Å²) in [6, 6.07) is 0. The fraction of sp³-hybridized carbons (Fsp3) is 0.800. The molecule has 1 aliphatic heterocycles. The largest absolute Gasteiger partial charge is 0.339 e. The minimum absolute atomic E-state index is 0.103. The van der Waals surface area contributed by atoms with Gasteiger partial charge in [0.2, 0.25) is 5.91 Å². The summed E-state index contributed by atoms with van der Waals surface area (Å²) in [4.78, 5) is 13.1. The van der Waals surface area contributed by atoms with Gasteiger partial charge in [-0.25, -0.2) is 8.42 Å². The van der Waals surface area contributed by atoms with Gasteiger partial charge in [-0.2, -0.15) is 0 Å². The number of nitrogens with zero attached hydrogens (tertiary/aromatic N) is 1. The van der Waals surface area contributed by atoms with E-state index in [0.29, 0.717) is 25.9 Å². The van der Waals surface area contributed by atoms with Crippen LogP contribution in [0, 0.1) is 5.41 Å². The highest BCUT2D eigenvalue weighted by Crippen LogP contribution is 2.24. The van der Waals surface area contributed by atoms with E-state index in [9.17, 15) is 13.2 Å². The quantitative estimate of drug-likeness (QED) is 0.733. The highest BCUT2D eigenvalue weighted by molar-refractivity contribution is 7.92. The average molecular weight is 301 g/mol. The number of carbonyl (C=O) groups excluding carboxylic acids is 1. The number of hydrogen-bond donors (Lipinski definition) is 0. The summed E-state index contributed by atoms with van der Waals surface area (Å²) in [5, 5.41) is -0.281. The summed E-state index contributed by atoms with van der Waals surface area (Å²) < 4.78 is 24.6. The van der Waals surface area contributed by atoms with Gasteiger partial charge in [-0.15, -0.1) is 0 Å². The molecule has 1 saturated heterocycles. The van der Waals surface area contributed by atoms with Crippen LogP contribution >= 0.6 is 0 Å². The number of likely N-dealkylation sites (tertiary alicyclic amines) is 1. The van der Waals surface area contributed by atoms with Crippen molar-refractivity contribution >= 4 is 15.7 Å². The van der Waals surface area contributed by atoms with Crippen molar-refractivity contribution in [3.8, 4) is 0 Å². The first-order valence-electron chi connectivity index (χ1n) is 7.28. The van der Waals surface area contributed by atoms with Crippen molar-refractivity contribution in [1.82, 2.24) is 4.90 Å². The summed E-state index contributed by atoms with van der Waals surface area (Å²) >= 11 is 0. The van der Waals surface area contributed by atoms with Gasteiger partial charge in [0.05, 0.1) is 11.0 Å². The molecule has 1 amide bonds. The van der Waals surface area contributed by atoms with Gasteiger partial charge < -0.3 is 4.90 Å². The molecular weight excluding hydrogens is 274 g/mol. The zero-order chi connectivity index (χ0) is 15.4. The van der Waals surface area contributed by atoms with Crippen LogP contribution in [0.1, 0.15) is 46.5 Å². The van der Waals surface area contributed by atoms with Crippen LogP contribution in [0.3, 0.4) is 0 Å². The first-order chi connectivity index (χ1) is 9.15. The van der Waals surface area contributed by atoms with Crippen molar-refractivity contribution < 1.29 is 13.2 Å². The van der Waals surface area contributed by atoms with Gasteiger partial charge in [0.15, 0.2) is 9.84 Å². The van der Waals surface area contributed by atoms with Crippen molar-refractivity contribution in [3.63, 3.8) is 0 Å². The summed E-state index contributed by atoms with van der Waals surface area (Å²) in [5.41, 5.74) is 0.176. The molecule has 0 spiro atoms. The number of carbonyl (C=O) groups is 1. The second kappa shape index (κ2) is 6.74. The van der Waals surface area contributed by atoms with Gasteiger partial charge in [0.1, 0.15) is 0 Å². The normalized spacial score (nSPS) is 18.1. The molecule has 5 heteroatoms. The number of rotatable bonds is 5. The first-order valence-corrected chi connectivity index (χ1v) is 9.00. The minimum atomic E-state index is -3.03. The van der Waals surface area contributed by atoms with Crippen molar-refractivity contribution in [1.29, 1.82) is 0 Å². The molecule has 1 heterocycles.